The standard InChI is InChI=1S/C30H30N2O2S/c1-19-13-14-20(2)25(17-19)32-29(34)28-23-11-5-3-4-6-12-27(23)35-30(28)31-18-24-22-10-8-7-9-21(22)15-16-26(24)33/h7-10,13-18,33H,3-6,11-12H2,1-2H3,(H,32,34). The van der Waals surface area contributed by atoms with Crippen LogP contribution < -0.4 is 5.32 Å². The summed E-state index contributed by atoms with van der Waals surface area (Å²) in [6, 6.07) is 17.6. The molecule has 4 aromatic rings. The van der Waals surface area contributed by atoms with Gasteiger partial charge in [-0.15, -0.1) is 11.3 Å². The van der Waals surface area contributed by atoms with Crippen molar-refractivity contribution in [1.82, 2.24) is 0 Å². The molecule has 0 spiro atoms. The number of hydrogen-bond donors (Lipinski definition) is 2. The van der Waals surface area contributed by atoms with Gasteiger partial charge in [-0.1, -0.05) is 55.3 Å². The normalized spacial score (nSPS) is 14.0. The first-order chi connectivity index (χ1) is 17.0. The van der Waals surface area contributed by atoms with Crippen LogP contribution in [0.3, 0.4) is 0 Å². The van der Waals surface area contributed by atoms with Crippen molar-refractivity contribution in [3.05, 3.63) is 87.3 Å². The second-order valence-corrected chi connectivity index (χ2v) is 10.4. The highest BCUT2D eigenvalue weighted by Crippen LogP contribution is 2.40. The summed E-state index contributed by atoms with van der Waals surface area (Å²) in [5.74, 6) is 0.0785. The number of nitrogens with one attached hydrogen (secondary N) is 1. The number of phenols is 1. The lowest BCUT2D eigenvalue weighted by molar-refractivity contribution is 0.102. The van der Waals surface area contributed by atoms with E-state index in [0.717, 1.165) is 58.8 Å². The summed E-state index contributed by atoms with van der Waals surface area (Å²) in [6.07, 6.45) is 8.24. The lowest BCUT2D eigenvalue weighted by Gasteiger charge is -2.13. The van der Waals surface area contributed by atoms with Crippen LogP contribution in [0.15, 0.2) is 59.6 Å². The summed E-state index contributed by atoms with van der Waals surface area (Å²) >= 11 is 1.62. The minimum Gasteiger partial charge on any atom is -0.507 e. The van der Waals surface area contributed by atoms with Crippen LogP contribution in [-0.4, -0.2) is 17.2 Å². The molecule has 35 heavy (non-hydrogen) atoms. The highest BCUT2D eigenvalue weighted by atomic mass is 32.1. The molecule has 2 N–H and O–H groups in total. The molecule has 1 aliphatic carbocycles. The Kier molecular flexibility index (Phi) is 6.69. The lowest BCUT2D eigenvalue weighted by atomic mass is 9.96. The molecule has 1 heterocycles. The van der Waals surface area contributed by atoms with Gasteiger partial charge < -0.3 is 10.4 Å². The van der Waals surface area contributed by atoms with Crippen molar-refractivity contribution in [2.24, 2.45) is 4.99 Å². The predicted octanol–water partition coefficient (Wildman–Crippen LogP) is 7.89. The molecule has 0 bridgehead atoms. The molecule has 5 rings (SSSR count). The van der Waals surface area contributed by atoms with Crippen LogP contribution >= 0.6 is 11.3 Å². The number of aromatic hydroxyl groups is 1. The van der Waals surface area contributed by atoms with Gasteiger partial charge >= 0.3 is 0 Å². The molecule has 0 saturated carbocycles. The van der Waals surface area contributed by atoms with Crippen molar-refractivity contribution >= 4 is 44.9 Å². The third-order valence-electron chi connectivity index (χ3n) is 6.78. The molecule has 4 nitrogen and oxygen atoms in total. The van der Waals surface area contributed by atoms with Crippen LogP contribution in [0.1, 0.15) is 63.2 Å². The second-order valence-electron chi connectivity index (χ2n) is 9.35. The number of carbonyl (C=O) groups is 1. The summed E-state index contributed by atoms with van der Waals surface area (Å²) in [7, 11) is 0. The first-order valence-corrected chi connectivity index (χ1v) is 13.1. The Labute approximate surface area is 210 Å². The van der Waals surface area contributed by atoms with Gasteiger partial charge in [-0.3, -0.25) is 4.79 Å². The van der Waals surface area contributed by atoms with Crippen LogP contribution in [-0.2, 0) is 12.8 Å². The smallest absolute Gasteiger partial charge is 0.259 e. The van der Waals surface area contributed by atoms with Gasteiger partial charge in [0.05, 0.1) is 5.56 Å². The largest absolute Gasteiger partial charge is 0.507 e. The molecule has 3 aromatic carbocycles. The van der Waals surface area contributed by atoms with Crippen LogP contribution in [0, 0.1) is 13.8 Å². The fraction of sp³-hybridized carbons (Fsp3) is 0.267. The van der Waals surface area contributed by atoms with Crippen molar-refractivity contribution < 1.29 is 9.90 Å². The number of rotatable bonds is 4. The number of amides is 1. The van der Waals surface area contributed by atoms with Crippen molar-refractivity contribution in [3.8, 4) is 5.75 Å². The average molecular weight is 483 g/mol. The maximum atomic E-state index is 13.7. The summed E-state index contributed by atoms with van der Waals surface area (Å²) in [5.41, 5.74) is 5.48. The van der Waals surface area contributed by atoms with Gasteiger partial charge in [0.1, 0.15) is 10.8 Å². The van der Waals surface area contributed by atoms with E-state index in [-0.39, 0.29) is 11.7 Å². The first kappa shape index (κ1) is 23.3. The molecule has 0 fully saturated rings. The van der Waals surface area contributed by atoms with E-state index in [0.29, 0.717) is 16.1 Å². The number of aryl methyl sites for hydroxylation is 3. The Hall–Kier alpha value is -3.44. The highest BCUT2D eigenvalue weighted by Gasteiger charge is 2.24. The number of thiophene rings is 1. The molecule has 5 heteroatoms. The SMILES string of the molecule is Cc1ccc(C)c(NC(=O)c2c(N=Cc3c(O)ccc4ccccc34)sc3c2CCCCCC3)c1. The number of anilines is 1. The minimum absolute atomic E-state index is 0.105. The average Bonchev–Trinajstić information content (AvgIpc) is 3.17. The van der Waals surface area contributed by atoms with Crippen LogP contribution in [0.4, 0.5) is 10.7 Å². The molecular weight excluding hydrogens is 452 g/mol. The Morgan fingerprint density at radius 3 is 2.66 bits per heavy atom. The van der Waals surface area contributed by atoms with Gasteiger partial charge in [0.2, 0.25) is 0 Å². The third kappa shape index (κ3) is 4.87. The summed E-state index contributed by atoms with van der Waals surface area (Å²) in [5, 5.41) is 16.4. The Balaban J connectivity index is 1.58. The van der Waals surface area contributed by atoms with E-state index in [1.807, 2.05) is 56.3 Å². The molecule has 178 valence electrons. The molecule has 0 unspecified atom stereocenters. The van der Waals surface area contributed by atoms with Gasteiger partial charge in [-0.2, -0.15) is 0 Å². The van der Waals surface area contributed by atoms with E-state index in [2.05, 4.69) is 11.4 Å². The molecule has 0 aliphatic heterocycles. The van der Waals surface area contributed by atoms with Gasteiger partial charge in [-0.25, -0.2) is 4.99 Å². The summed E-state index contributed by atoms with van der Waals surface area (Å²) in [4.78, 5) is 19.8. The van der Waals surface area contributed by atoms with Crippen molar-refractivity contribution in [1.29, 1.82) is 0 Å². The maximum Gasteiger partial charge on any atom is 0.259 e. The predicted molar refractivity (Wildman–Crippen MR) is 147 cm³/mol. The van der Waals surface area contributed by atoms with Crippen LogP contribution in [0.2, 0.25) is 0 Å². The summed E-state index contributed by atoms with van der Waals surface area (Å²) < 4.78 is 0. The number of benzene rings is 3. The topological polar surface area (TPSA) is 61.7 Å². The Bertz CT molecular complexity index is 1430. The van der Waals surface area contributed by atoms with E-state index >= 15 is 0 Å². The number of carbonyl (C=O) groups excluding carboxylic acids is 1. The zero-order valence-electron chi connectivity index (χ0n) is 20.2. The number of hydrogen-bond acceptors (Lipinski definition) is 4. The molecule has 1 aromatic heterocycles. The van der Waals surface area contributed by atoms with Gasteiger partial charge in [-0.05, 0) is 79.1 Å². The number of fused-ring (bicyclic) bond motifs is 2. The van der Waals surface area contributed by atoms with E-state index < -0.39 is 0 Å². The van der Waals surface area contributed by atoms with Crippen molar-refractivity contribution in [2.45, 2.75) is 52.4 Å². The number of phenolic OH excluding ortho intramolecular Hbond substituents is 1. The highest BCUT2D eigenvalue weighted by molar-refractivity contribution is 7.16. The molecule has 1 aliphatic rings. The first-order valence-electron chi connectivity index (χ1n) is 12.3. The van der Waals surface area contributed by atoms with Crippen LogP contribution in [0.25, 0.3) is 10.8 Å². The van der Waals surface area contributed by atoms with E-state index in [1.54, 1.807) is 23.6 Å². The Morgan fingerprint density at radius 2 is 1.80 bits per heavy atom. The molecule has 0 radical (unpaired) electrons. The van der Waals surface area contributed by atoms with Gasteiger partial charge in [0.15, 0.2) is 0 Å². The van der Waals surface area contributed by atoms with Crippen molar-refractivity contribution in [2.75, 3.05) is 5.32 Å². The monoisotopic (exact) mass is 482 g/mol. The lowest BCUT2D eigenvalue weighted by Crippen LogP contribution is -2.15. The van der Waals surface area contributed by atoms with E-state index in [4.69, 9.17) is 4.99 Å². The third-order valence-corrected chi connectivity index (χ3v) is 7.98. The molecule has 0 saturated heterocycles. The minimum atomic E-state index is -0.105. The second kappa shape index (κ2) is 10.0. The molecule has 1 amide bonds. The van der Waals surface area contributed by atoms with E-state index in [1.165, 1.54) is 17.7 Å². The van der Waals surface area contributed by atoms with Gasteiger partial charge in [0, 0.05) is 22.3 Å². The molecular formula is C30H30N2O2S. The zero-order chi connectivity index (χ0) is 24.4. The fourth-order valence-electron chi connectivity index (χ4n) is 4.83. The number of aliphatic imine (C=N–C) groups is 1. The molecule has 0 atom stereocenters. The summed E-state index contributed by atoms with van der Waals surface area (Å²) in [6.45, 7) is 4.04. The maximum absolute atomic E-state index is 13.7. The zero-order valence-corrected chi connectivity index (χ0v) is 21.0. The quantitative estimate of drug-likeness (QED) is 0.291. The number of nitrogens with zero attached hydrogens (tertiary/aromatic N) is 1. The fourth-order valence-corrected chi connectivity index (χ4v) is 6.06. The van der Waals surface area contributed by atoms with Crippen molar-refractivity contribution in [3.63, 3.8) is 0 Å². The van der Waals surface area contributed by atoms with Gasteiger partial charge in [0.25, 0.3) is 5.91 Å². The van der Waals surface area contributed by atoms with E-state index in [9.17, 15) is 9.90 Å². The van der Waals surface area contributed by atoms with Crippen LogP contribution in [0.5, 0.6) is 5.75 Å². The Morgan fingerprint density at radius 1 is 1.00 bits per heavy atom.